The molecule has 172 valence electrons. The number of rotatable bonds is 9. The zero-order valence-electron chi connectivity index (χ0n) is 20.9. The van der Waals surface area contributed by atoms with E-state index in [1.165, 1.54) is 71.1 Å². The van der Waals surface area contributed by atoms with E-state index < -0.39 is 0 Å². The molecule has 0 N–H and O–H groups in total. The second-order valence-corrected chi connectivity index (χ2v) is 11.3. The zero-order chi connectivity index (χ0) is 23.4. The van der Waals surface area contributed by atoms with Gasteiger partial charge in [-0.15, -0.1) is 0 Å². The van der Waals surface area contributed by atoms with E-state index >= 15 is 0 Å². The van der Waals surface area contributed by atoms with Crippen LogP contribution >= 0.6 is 0 Å². The van der Waals surface area contributed by atoms with Gasteiger partial charge in [-0.2, -0.15) is 0 Å². The number of allylic oxidation sites excluding steroid dienone is 18. The quantitative estimate of drug-likeness (QED) is 0.316. The third-order valence-corrected chi connectivity index (χ3v) is 7.16. The summed E-state index contributed by atoms with van der Waals surface area (Å²) in [6, 6.07) is 0. The van der Waals surface area contributed by atoms with Crippen molar-refractivity contribution in [1.82, 2.24) is 0 Å². The molecule has 4 aliphatic carbocycles. The second kappa shape index (κ2) is 10.1. The SMILES string of the molecule is C=C(CCC1=CC2C=C(CCCCCC(C)(C)C)C=CC2=C1)C1=CC(=C)C2C=CC=CC2=C1. The first-order valence-electron chi connectivity index (χ1n) is 12.7. The highest BCUT2D eigenvalue weighted by molar-refractivity contribution is 5.56. The molecule has 33 heavy (non-hydrogen) atoms. The molecule has 0 saturated carbocycles. The fourth-order valence-electron chi connectivity index (χ4n) is 5.15. The smallest absolute Gasteiger partial charge is 0.0267 e. The molecule has 4 aliphatic rings. The van der Waals surface area contributed by atoms with E-state index in [4.69, 9.17) is 0 Å². The highest BCUT2D eigenvalue weighted by Gasteiger charge is 2.21. The van der Waals surface area contributed by atoms with E-state index in [0.29, 0.717) is 17.3 Å². The monoisotopic (exact) mass is 436 g/mol. The maximum atomic E-state index is 4.41. The van der Waals surface area contributed by atoms with E-state index in [9.17, 15) is 0 Å². The van der Waals surface area contributed by atoms with Crippen LogP contribution in [0.4, 0.5) is 0 Å². The summed E-state index contributed by atoms with van der Waals surface area (Å²) in [5.41, 5.74) is 9.81. The predicted molar refractivity (Wildman–Crippen MR) is 145 cm³/mol. The molecule has 2 unspecified atom stereocenters. The Kier molecular flexibility index (Phi) is 7.23. The Morgan fingerprint density at radius 1 is 0.848 bits per heavy atom. The first-order valence-corrected chi connectivity index (χ1v) is 12.7. The molecule has 0 bridgehead atoms. The van der Waals surface area contributed by atoms with Gasteiger partial charge in [-0.1, -0.05) is 125 Å². The van der Waals surface area contributed by atoms with E-state index in [0.717, 1.165) is 12.8 Å². The van der Waals surface area contributed by atoms with Crippen LogP contribution in [0.2, 0.25) is 0 Å². The minimum atomic E-state index is 0.336. The van der Waals surface area contributed by atoms with Gasteiger partial charge in [0.1, 0.15) is 0 Å². The Balaban J connectivity index is 1.27. The average Bonchev–Trinajstić information content (AvgIpc) is 3.18. The molecule has 0 heterocycles. The third-order valence-electron chi connectivity index (χ3n) is 7.16. The summed E-state index contributed by atoms with van der Waals surface area (Å²) in [7, 11) is 0. The van der Waals surface area contributed by atoms with Gasteiger partial charge in [-0.3, -0.25) is 0 Å². The van der Waals surface area contributed by atoms with Crippen LogP contribution in [0.15, 0.2) is 119 Å². The lowest BCUT2D eigenvalue weighted by Crippen LogP contribution is -2.09. The van der Waals surface area contributed by atoms with Crippen molar-refractivity contribution in [3.8, 4) is 0 Å². The Morgan fingerprint density at radius 3 is 2.48 bits per heavy atom. The number of fused-ring (bicyclic) bond motifs is 2. The largest absolute Gasteiger partial charge is 0.0952 e. The Hall–Kier alpha value is -2.60. The molecule has 0 fully saturated rings. The topological polar surface area (TPSA) is 0 Å². The summed E-state index contributed by atoms with van der Waals surface area (Å²) in [4.78, 5) is 0. The fourth-order valence-corrected chi connectivity index (χ4v) is 5.15. The van der Waals surface area contributed by atoms with Gasteiger partial charge in [0.15, 0.2) is 0 Å². The minimum Gasteiger partial charge on any atom is -0.0952 e. The van der Waals surface area contributed by atoms with Crippen LogP contribution in [0.3, 0.4) is 0 Å². The fraction of sp³-hybridized carbons (Fsp3) is 0.394. The molecule has 0 heteroatoms. The molecular weight excluding hydrogens is 396 g/mol. The third kappa shape index (κ3) is 6.26. The summed E-state index contributed by atoms with van der Waals surface area (Å²) in [5.74, 6) is 0.807. The second-order valence-electron chi connectivity index (χ2n) is 11.3. The first-order chi connectivity index (χ1) is 15.8. The summed E-state index contributed by atoms with van der Waals surface area (Å²) < 4.78 is 0. The van der Waals surface area contributed by atoms with Crippen LogP contribution < -0.4 is 0 Å². The Morgan fingerprint density at radius 2 is 1.67 bits per heavy atom. The summed E-state index contributed by atoms with van der Waals surface area (Å²) in [6.07, 6.45) is 33.7. The molecule has 0 spiro atoms. The molecule has 0 saturated heterocycles. The van der Waals surface area contributed by atoms with Gasteiger partial charge in [0.05, 0.1) is 0 Å². The van der Waals surface area contributed by atoms with Gasteiger partial charge in [0.25, 0.3) is 0 Å². The van der Waals surface area contributed by atoms with Gasteiger partial charge in [0, 0.05) is 11.8 Å². The van der Waals surface area contributed by atoms with Crippen molar-refractivity contribution in [2.45, 2.75) is 65.7 Å². The van der Waals surface area contributed by atoms with Gasteiger partial charge in [0.2, 0.25) is 0 Å². The Labute approximate surface area is 201 Å². The van der Waals surface area contributed by atoms with Gasteiger partial charge in [-0.05, 0) is 65.4 Å². The highest BCUT2D eigenvalue weighted by atomic mass is 14.3. The Bertz CT molecular complexity index is 1050. The lowest BCUT2D eigenvalue weighted by atomic mass is 9.80. The van der Waals surface area contributed by atoms with Crippen LogP contribution in [-0.4, -0.2) is 0 Å². The molecule has 0 nitrogen and oxygen atoms in total. The number of hydrogen-bond acceptors (Lipinski definition) is 0. The van der Waals surface area contributed by atoms with Crippen molar-refractivity contribution in [1.29, 1.82) is 0 Å². The lowest BCUT2D eigenvalue weighted by Gasteiger charge is -2.24. The average molecular weight is 437 g/mol. The standard InChI is InChI=1S/C33H40/c1-24(30-19-25(2)32-13-9-8-12-29(32)23-30)14-15-27-21-28-17-16-26(20-31(28)22-27)11-7-6-10-18-33(3,4)5/h8-9,12-13,16-17,19-23,31-32H,1-2,6-7,10-11,14-15,18H2,3-5H3. The molecular formula is C33H40. The van der Waals surface area contributed by atoms with Crippen molar-refractivity contribution in [2.24, 2.45) is 17.3 Å². The normalized spacial score (nSPS) is 23.4. The van der Waals surface area contributed by atoms with E-state index in [2.05, 4.69) is 101 Å². The molecule has 0 aromatic heterocycles. The molecule has 0 amide bonds. The molecule has 0 aromatic rings. The molecule has 0 aromatic carbocycles. The van der Waals surface area contributed by atoms with Crippen LogP contribution in [0.1, 0.15) is 65.7 Å². The maximum Gasteiger partial charge on any atom is 0.0267 e. The van der Waals surface area contributed by atoms with E-state index in [-0.39, 0.29) is 0 Å². The maximum absolute atomic E-state index is 4.41. The molecule has 0 radical (unpaired) electrons. The highest BCUT2D eigenvalue weighted by Crippen LogP contribution is 2.37. The van der Waals surface area contributed by atoms with Crippen LogP contribution in [0, 0.1) is 17.3 Å². The first kappa shape index (κ1) is 23.6. The van der Waals surface area contributed by atoms with Crippen molar-refractivity contribution in [3.63, 3.8) is 0 Å². The number of hydrogen-bond donors (Lipinski definition) is 0. The zero-order valence-corrected chi connectivity index (χ0v) is 20.9. The van der Waals surface area contributed by atoms with Gasteiger partial charge >= 0.3 is 0 Å². The van der Waals surface area contributed by atoms with E-state index in [1.807, 2.05) is 0 Å². The molecule has 2 atom stereocenters. The van der Waals surface area contributed by atoms with Crippen molar-refractivity contribution in [3.05, 3.63) is 119 Å². The van der Waals surface area contributed by atoms with Gasteiger partial charge in [-0.25, -0.2) is 0 Å². The molecule has 4 rings (SSSR count). The minimum absolute atomic E-state index is 0.336. The summed E-state index contributed by atoms with van der Waals surface area (Å²) >= 11 is 0. The lowest BCUT2D eigenvalue weighted by molar-refractivity contribution is 0.358. The summed E-state index contributed by atoms with van der Waals surface area (Å²) in [5, 5.41) is 0. The van der Waals surface area contributed by atoms with Gasteiger partial charge < -0.3 is 0 Å². The van der Waals surface area contributed by atoms with Crippen LogP contribution in [-0.2, 0) is 0 Å². The summed E-state index contributed by atoms with van der Waals surface area (Å²) in [6.45, 7) is 15.7. The number of unbranched alkanes of at least 4 members (excludes halogenated alkanes) is 2. The van der Waals surface area contributed by atoms with Crippen molar-refractivity contribution >= 4 is 0 Å². The molecule has 0 aliphatic heterocycles. The van der Waals surface area contributed by atoms with Crippen LogP contribution in [0.5, 0.6) is 0 Å². The van der Waals surface area contributed by atoms with Crippen molar-refractivity contribution < 1.29 is 0 Å². The van der Waals surface area contributed by atoms with Crippen molar-refractivity contribution in [2.75, 3.05) is 0 Å². The van der Waals surface area contributed by atoms with Crippen LogP contribution in [0.25, 0.3) is 0 Å². The van der Waals surface area contributed by atoms with E-state index in [1.54, 1.807) is 0 Å². The predicted octanol–water partition coefficient (Wildman–Crippen LogP) is 9.46.